The number of nitrogens with zero attached hydrogens (tertiary/aromatic N) is 3. The van der Waals surface area contributed by atoms with Crippen molar-refractivity contribution in [1.82, 2.24) is 15.5 Å². The second kappa shape index (κ2) is 14.8. The number of nitrogens with one attached hydrogen (secondary N) is 4. The molecule has 2 bridgehead atoms. The molecule has 4 rings (SSSR count). The second-order valence-corrected chi connectivity index (χ2v) is 10.6. The summed E-state index contributed by atoms with van der Waals surface area (Å²) >= 11 is 12.7. The minimum Gasteiger partial charge on any atom is -0.464 e. The molecular weight excluding hydrogens is 591 g/mol. The molecule has 1 aliphatic rings. The van der Waals surface area contributed by atoms with Crippen LogP contribution in [0, 0.1) is 5.41 Å². The van der Waals surface area contributed by atoms with E-state index in [2.05, 4.69) is 26.1 Å². The summed E-state index contributed by atoms with van der Waals surface area (Å²) in [5.74, 6) is 5.17. The third-order valence-corrected chi connectivity index (χ3v) is 7.51. The molecule has 0 radical (unpaired) electrons. The number of hydrogen-bond acceptors (Lipinski definition) is 9. The quantitative estimate of drug-likeness (QED) is 0.0539. The fourth-order valence-electron chi connectivity index (χ4n) is 4.82. The van der Waals surface area contributed by atoms with Gasteiger partial charge in [0.25, 0.3) is 0 Å². The summed E-state index contributed by atoms with van der Waals surface area (Å²) in [7, 11) is 1.81. The van der Waals surface area contributed by atoms with E-state index in [9.17, 15) is 9.59 Å². The fourth-order valence-corrected chi connectivity index (χ4v) is 5.20. The Labute approximate surface area is 260 Å². The van der Waals surface area contributed by atoms with Gasteiger partial charge in [-0.25, -0.2) is 10.6 Å². The van der Waals surface area contributed by atoms with Crippen LogP contribution in [-0.4, -0.2) is 48.1 Å². The number of esters is 1. The lowest BCUT2D eigenvalue weighted by atomic mass is 9.97. The predicted octanol–water partition coefficient (Wildman–Crippen LogP) is 5.57. The number of hydrazine groups is 1. The van der Waals surface area contributed by atoms with E-state index < -0.39 is 12.1 Å². The molecule has 0 spiro atoms. The van der Waals surface area contributed by atoms with Crippen LogP contribution in [-0.2, 0) is 14.3 Å². The third-order valence-electron chi connectivity index (χ3n) is 7.00. The van der Waals surface area contributed by atoms with Gasteiger partial charge in [0.15, 0.2) is 5.15 Å². The maximum Gasteiger partial charge on any atom is 0.328 e. The van der Waals surface area contributed by atoms with Gasteiger partial charge in [0, 0.05) is 46.2 Å². The zero-order chi connectivity index (χ0) is 30.9. The number of fused-ring (bicyclic) bond motifs is 4. The van der Waals surface area contributed by atoms with Crippen molar-refractivity contribution in [2.75, 3.05) is 29.3 Å². The first-order valence-corrected chi connectivity index (χ1v) is 14.6. The number of aromatic nitrogens is 2. The zero-order valence-electron chi connectivity index (χ0n) is 23.9. The number of hydrogen-bond donors (Lipinski definition) is 5. The molecule has 2 heterocycles. The first-order chi connectivity index (χ1) is 20.7. The topological polar surface area (TPSA) is 158 Å². The van der Waals surface area contributed by atoms with Gasteiger partial charge in [0.05, 0.1) is 24.0 Å². The molecule has 2 atom stereocenters. The van der Waals surface area contributed by atoms with Crippen molar-refractivity contribution in [2.45, 2.75) is 44.7 Å². The molecule has 43 heavy (non-hydrogen) atoms. The maximum absolute atomic E-state index is 13.2. The summed E-state index contributed by atoms with van der Waals surface area (Å²) < 4.78 is 5.36. The molecular formula is C30H34Cl2N8O3. The molecule has 13 heteroatoms. The van der Waals surface area contributed by atoms with Crippen LogP contribution in [0.1, 0.15) is 49.9 Å². The van der Waals surface area contributed by atoms with E-state index in [4.69, 9.17) is 39.2 Å². The molecule has 3 aromatic rings. The highest BCUT2D eigenvalue weighted by Crippen LogP contribution is 2.37. The number of amides is 1. The largest absolute Gasteiger partial charge is 0.464 e. The van der Waals surface area contributed by atoms with Gasteiger partial charge in [-0.15, -0.1) is 5.10 Å². The Hall–Kier alpha value is -4.19. The number of nitrogens with two attached hydrogens (primary N) is 1. The molecule has 0 fully saturated rings. The van der Waals surface area contributed by atoms with Gasteiger partial charge in [-0.1, -0.05) is 42.1 Å². The lowest BCUT2D eigenvalue weighted by molar-refractivity contribution is -0.144. The maximum atomic E-state index is 13.2. The van der Waals surface area contributed by atoms with E-state index in [1.165, 1.54) is 6.08 Å². The van der Waals surface area contributed by atoms with Gasteiger partial charge < -0.3 is 20.7 Å². The molecule has 0 saturated carbocycles. The third kappa shape index (κ3) is 8.01. The van der Waals surface area contributed by atoms with Gasteiger partial charge in [-0.3, -0.25) is 15.2 Å². The van der Waals surface area contributed by atoms with E-state index in [0.717, 1.165) is 22.6 Å². The molecule has 226 valence electrons. The fraction of sp³-hybridized carbons (Fsp3) is 0.300. The van der Waals surface area contributed by atoms with Crippen molar-refractivity contribution < 1.29 is 14.3 Å². The number of halogens is 2. The van der Waals surface area contributed by atoms with Gasteiger partial charge in [0.1, 0.15) is 12.4 Å². The van der Waals surface area contributed by atoms with Gasteiger partial charge in [-0.05, 0) is 62.2 Å². The van der Waals surface area contributed by atoms with Crippen molar-refractivity contribution in [3.63, 3.8) is 0 Å². The Morgan fingerprint density at radius 1 is 1.14 bits per heavy atom. The van der Waals surface area contributed by atoms with Gasteiger partial charge >= 0.3 is 5.97 Å². The van der Waals surface area contributed by atoms with E-state index in [0.29, 0.717) is 58.9 Å². The molecule has 0 aliphatic carbocycles. The van der Waals surface area contributed by atoms with Crippen LogP contribution < -0.4 is 26.8 Å². The number of carbonyl (C=O) groups excluding carboxylic acids is 2. The summed E-state index contributed by atoms with van der Waals surface area (Å²) in [4.78, 5) is 26.0. The first-order valence-electron chi connectivity index (χ1n) is 13.8. The molecule has 2 aromatic carbocycles. The predicted molar refractivity (Wildman–Crippen MR) is 171 cm³/mol. The second-order valence-electron chi connectivity index (χ2n) is 9.85. The highest BCUT2D eigenvalue weighted by Gasteiger charge is 2.25. The smallest absolute Gasteiger partial charge is 0.328 e. The Morgan fingerprint density at radius 3 is 2.67 bits per heavy atom. The van der Waals surface area contributed by atoms with Crippen molar-refractivity contribution in [3.05, 3.63) is 70.0 Å². The number of anilines is 3. The summed E-state index contributed by atoms with van der Waals surface area (Å²) in [6, 6.07) is 11.4. The molecule has 0 saturated heterocycles. The summed E-state index contributed by atoms with van der Waals surface area (Å²) in [5, 5.41) is 27.3. The van der Waals surface area contributed by atoms with Gasteiger partial charge in [0.2, 0.25) is 5.91 Å². The number of rotatable bonds is 8. The van der Waals surface area contributed by atoms with Crippen molar-refractivity contribution in [1.29, 1.82) is 5.41 Å². The lowest BCUT2D eigenvalue weighted by Crippen LogP contribution is -2.32. The summed E-state index contributed by atoms with van der Waals surface area (Å²) in [5.41, 5.74) is 4.48. The standard InChI is InChI=1S/C30H34Cl2N8O3/c1-3-43-30(42)24-7-5-4-6-23(37-28(41)13-8-18-14-19(31)9-12-27(18)40(34)17-33)26-16-22(29(32)39-38-26)21-11-10-20(35-2)15-25(21)36-24/h8-17,23-24,33,35-36H,3-7,34H2,1-2H3,(H,37,41)/b13-8+,33-17?/t23?,24-/m0/s1. The van der Waals surface area contributed by atoms with Crippen LogP contribution in [0.4, 0.5) is 17.1 Å². The van der Waals surface area contributed by atoms with Crippen molar-refractivity contribution in [3.8, 4) is 11.1 Å². The van der Waals surface area contributed by atoms with Crippen molar-refractivity contribution in [2.24, 2.45) is 5.84 Å². The highest BCUT2D eigenvalue weighted by atomic mass is 35.5. The average Bonchev–Trinajstić information content (AvgIpc) is 3.00. The van der Waals surface area contributed by atoms with E-state index >= 15 is 0 Å². The Morgan fingerprint density at radius 2 is 1.93 bits per heavy atom. The number of benzene rings is 2. The Balaban J connectivity index is 1.68. The summed E-state index contributed by atoms with van der Waals surface area (Å²) in [6.45, 7) is 2.05. The van der Waals surface area contributed by atoms with Crippen molar-refractivity contribution >= 4 is 64.6 Å². The lowest BCUT2D eigenvalue weighted by Gasteiger charge is -2.24. The minimum absolute atomic E-state index is 0.185. The normalized spacial score (nSPS) is 16.6. The van der Waals surface area contributed by atoms with E-state index in [1.807, 2.05) is 31.3 Å². The zero-order valence-corrected chi connectivity index (χ0v) is 25.4. The molecule has 1 aliphatic heterocycles. The number of carbonyl (C=O) groups is 2. The highest BCUT2D eigenvalue weighted by molar-refractivity contribution is 6.32. The molecule has 1 amide bonds. The first kappa shape index (κ1) is 31.7. The SMILES string of the molecule is CCOC(=O)[C@@H]1CCCCC(NC(=O)/C=C/c2cc(Cl)ccc2N(N)C=N)c2cc(c(Cl)nn2)-c2ccc(NC)cc2N1. The average molecular weight is 626 g/mol. The Bertz CT molecular complexity index is 1520. The Kier molecular flexibility index (Phi) is 10.9. The van der Waals surface area contributed by atoms with Crippen LogP contribution >= 0.6 is 23.2 Å². The summed E-state index contributed by atoms with van der Waals surface area (Å²) in [6.07, 6.45) is 6.37. The molecule has 11 nitrogen and oxygen atoms in total. The van der Waals surface area contributed by atoms with Gasteiger partial charge in [-0.2, -0.15) is 5.10 Å². The monoisotopic (exact) mass is 624 g/mol. The molecule has 1 aromatic heterocycles. The van der Waals surface area contributed by atoms with Crippen LogP contribution in [0.25, 0.3) is 17.2 Å². The number of ether oxygens (including phenoxy) is 1. The van der Waals surface area contributed by atoms with E-state index in [-0.39, 0.29) is 23.6 Å². The minimum atomic E-state index is -0.579. The van der Waals surface area contributed by atoms with Crippen LogP contribution in [0.5, 0.6) is 0 Å². The van der Waals surface area contributed by atoms with Crippen LogP contribution in [0.3, 0.4) is 0 Å². The van der Waals surface area contributed by atoms with E-state index in [1.54, 1.807) is 31.2 Å². The molecule has 6 N–H and O–H groups in total. The van der Waals surface area contributed by atoms with Crippen LogP contribution in [0.15, 0.2) is 48.5 Å². The molecule has 1 unspecified atom stereocenters. The van der Waals surface area contributed by atoms with Crippen LogP contribution in [0.2, 0.25) is 10.2 Å².